The van der Waals surface area contributed by atoms with Crippen LogP contribution in [0.2, 0.25) is 0 Å². The van der Waals surface area contributed by atoms with Crippen LogP contribution in [-0.4, -0.2) is 35.2 Å². The lowest BCUT2D eigenvalue weighted by molar-refractivity contribution is 0.100. The Bertz CT molecular complexity index is 588. The molecule has 0 bridgehead atoms. The van der Waals surface area contributed by atoms with Gasteiger partial charge in [0.15, 0.2) is 10.9 Å². The van der Waals surface area contributed by atoms with E-state index in [1.807, 2.05) is 19.0 Å². The molecule has 2 aromatic rings. The normalized spacial score (nSPS) is 10.5. The third-order valence-electron chi connectivity index (χ3n) is 2.55. The first kappa shape index (κ1) is 13.3. The summed E-state index contributed by atoms with van der Waals surface area (Å²) in [7, 11) is 3.89. The lowest BCUT2D eigenvalue weighted by Gasteiger charge is -2.05. The van der Waals surface area contributed by atoms with Crippen molar-refractivity contribution in [3.63, 3.8) is 0 Å². The summed E-state index contributed by atoms with van der Waals surface area (Å²) in [6, 6.07) is 0. The number of hydrogen-bond donors (Lipinski definition) is 3. The van der Waals surface area contributed by atoms with Gasteiger partial charge in [0.25, 0.3) is 5.91 Å². The highest BCUT2D eigenvalue weighted by Gasteiger charge is 2.15. The van der Waals surface area contributed by atoms with Gasteiger partial charge in [-0.1, -0.05) is 0 Å². The number of nitrogens with zero attached hydrogens (tertiary/aromatic N) is 3. The molecule has 7 nitrogen and oxygen atoms in total. The van der Waals surface area contributed by atoms with Crippen LogP contribution in [0.5, 0.6) is 0 Å². The second-order valence-electron chi connectivity index (χ2n) is 4.29. The predicted molar refractivity (Wildman–Crippen MR) is 75.6 cm³/mol. The van der Waals surface area contributed by atoms with E-state index in [0.717, 1.165) is 10.0 Å². The topological polar surface area (TPSA) is 99.9 Å². The van der Waals surface area contributed by atoms with E-state index in [1.54, 1.807) is 24.5 Å². The maximum Gasteiger partial charge on any atom is 0.254 e. The van der Waals surface area contributed by atoms with Crippen molar-refractivity contribution >= 4 is 28.2 Å². The fourth-order valence-electron chi connectivity index (χ4n) is 1.62. The summed E-state index contributed by atoms with van der Waals surface area (Å²) in [6.45, 7) is 2.31. The van der Waals surface area contributed by atoms with Gasteiger partial charge in [-0.3, -0.25) is 9.89 Å². The number of aromatic amines is 1. The Kier molecular flexibility index (Phi) is 3.70. The highest BCUT2D eigenvalue weighted by atomic mass is 32.1. The van der Waals surface area contributed by atoms with Crippen LogP contribution in [0.4, 0.5) is 10.9 Å². The van der Waals surface area contributed by atoms with Crippen LogP contribution in [0.15, 0.2) is 6.20 Å². The fraction of sp³-hybridized carbons (Fsp3) is 0.364. The Hall–Kier alpha value is -2.09. The molecule has 0 aliphatic carbocycles. The van der Waals surface area contributed by atoms with Gasteiger partial charge in [-0.2, -0.15) is 5.10 Å². The number of aromatic nitrogens is 3. The third-order valence-corrected chi connectivity index (χ3v) is 3.71. The van der Waals surface area contributed by atoms with Crippen molar-refractivity contribution in [2.24, 2.45) is 5.73 Å². The highest BCUT2D eigenvalue weighted by Crippen LogP contribution is 2.22. The molecule has 0 spiro atoms. The van der Waals surface area contributed by atoms with Gasteiger partial charge in [0.1, 0.15) is 5.56 Å². The molecule has 4 N–H and O–H groups in total. The van der Waals surface area contributed by atoms with E-state index in [9.17, 15) is 4.79 Å². The zero-order valence-electron chi connectivity index (χ0n) is 11.0. The van der Waals surface area contributed by atoms with Crippen LogP contribution in [0.25, 0.3) is 0 Å². The molecule has 2 aromatic heterocycles. The van der Waals surface area contributed by atoms with Crippen molar-refractivity contribution in [2.75, 3.05) is 24.3 Å². The largest absolute Gasteiger partial charge is 0.365 e. The molecule has 2 rings (SSSR count). The van der Waals surface area contributed by atoms with E-state index >= 15 is 0 Å². The predicted octanol–water partition coefficient (Wildman–Crippen LogP) is 0.952. The summed E-state index contributed by atoms with van der Waals surface area (Å²) in [5.74, 6) is -0.0168. The molecule has 19 heavy (non-hydrogen) atoms. The molecular weight excluding hydrogens is 264 g/mol. The van der Waals surface area contributed by atoms with Gasteiger partial charge in [-0.15, -0.1) is 11.3 Å². The average Bonchev–Trinajstić information content (AvgIpc) is 2.92. The molecule has 8 heteroatoms. The zero-order valence-corrected chi connectivity index (χ0v) is 11.8. The van der Waals surface area contributed by atoms with E-state index < -0.39 is 5.91 Å². The second-order valence-corrected chi connectivity index (χ2v) is 5.39. The molecule has 0 unspecified atom stereocenters. The maximum absolute atomic E-state index is 11.3. The zero-order chi connectivity index (χ0) is 14.0. The molecule has 0 saturated carbocycles. The minimum atomic E-state index is -0.493. The molecule has 0 radical (unpaired) electrons. The molecule has 0 fully saturated rings. The monoisotopic (exact) mass is 280 g/mol. The van der Waals surface area contributed by atoms with Crippen molar-refractivity contribution in [2.45, 2.75) is 13.5 Å². The Morgan fingerprint density at radius 1 is 1.58 bits per heavy atom. The molecule has 1 amide bonds. The Labute approximate surface area is 114 Å². The van der Waals surface area contributed by atoms with Gasteiger partial charge >= 0.3 is 0 Å². The number of anilines is 2. The molecule has 0 aliphatic heterocycles. The number of H-pyrrole nitrogens is 1. The highest BCUT2D eigenvalue weighted by molar-refractivity contribution is 7.15. The average molecular weight is 280 g/mol. The third kappa shape index (κ3) is 2.84. The van der Waals surface area contributed by atoms with Crippen LogP contribution in [0.3, 0.4) is 0 Å². The van der Waals surface area contributed by atoms with E-state index in [4.69, 9.17) is 5.73 Å². The minimum Gasteiger partial charge on any atom is -0.365 e. The van der Waals surface area contributed by atoms with Crippen molar-refractivity contribution in [3.8, 4) is 0 Å². The summed E-state index contributed by atoms with van der Waals surface area (Å²) in [4.78, 5) is 18.6. The van der Waals surface area contributed by atoms with E-state index in [2.05, 4.69) is 20.5 Å². The number of primary amides is 1. The lowest BCUT2D eigenvalue weighted by atomic mass is 10.2. The Morgan fingerprint density at radius 2 is 2.32 bits per heavy atom. The van der Waals surface area contributed by atoms with Gasteiger partial charge < -0.3 is 16.0 Å². The first-order valence-electron chi connectivity index (χ1n) is 5.69. The number of carbonyl (C=O) groups is 1. The van der Waals surface area contributed by atoms with E-state index in [-0.39, 0.29) is 0 Å². The maximum atomic E-state index is 11.3. The van der Waals surface area contributed by atoms with Crippen LogP contribution in [0.1, 0.15) is 20.9 Å². The standard InChI is InChI=1S/C11H16N6OS/c1-6-8(9(12)18)10(16-15-6)13-4-7-5-14-11(19-7)17(2)3/h5H,4H2,1-3H3,(H2,12,18)(H2,13,15,16). The van der Waals surface area contributed by atoms with Gasteiger partial charge in [0.2, 0.25) is 0 Å². The number of carbonyl (C=O) groups excluding carboxylic acids is 1. The number of rotatable bonds is 5. The summed E-state index contributed by atoms with van der Waals surface area (Å²) >= 11 is 1.58. The van der Waals surface area contributed by atoms with Crippen LogP contribution in [-0.2, 0) is 6.54 Å². The molecule has 0 aromatic carbocycles. The molecule has 0 aliphatic rings. The second kappa shape index (κ2) is 5.27. The van der Waals surface area contributed by atoms with Gasteiger partial charge in [0.05, 0.1) is 6.54 Å². The first-order chi connectivity index (χ1) is 8.99. The summed E-state index contributed by atoms with van der Waals surface area (Å²) in [5.41, 5.74) is 6.38. The Balaban J connectivity index is 2.08. The molecule has 0 atom stereocenters. The van der Waals surface area contributed by atoms with Crippen molar-refractivity contribution < 1.29 is 4.79 Å². The summed E-state index contributed by atoms with van der Waals surface area (Å²) in [5, 5.41) is 10.8. The number of aryl methyl sites for hydroxylation is 1. The molecule has 2 heterocycles. The minimum absolute atomic E-state index is 0.400. The van der Waals surface area contributed by atoms with E-state index in [0.29, 0.717) is 23.6 Å². The fourth-order valence-corrected chi connectivity index (χ4v) is 2.39. The SMILES string of the molecule is Cc1[nH]nc(NCc2cnc(N(C)C)s2)c1C(N)=O. The number of amides is 1. The van der Waals surface area contributed by atoms with Crippen LogP contribution >= 0.6 is 11.3 Å². The van der Waals surface area contributed by atoms with Crippen molar-refractivity contribution in [3.05, 3.63) is 22.3 Å². The number of nitrogens with two attached hydrogens (primary N) is 1. The molecule has 0 saturated heterocycles. The molecular formula is C11H16N6OS. The van der Waals surface area contributed by atoms with Gasteiger partial charge in [-0.25, -0.2) is 4.98 Å². The summed E-state index contributed by atoms with van der Waals surface area (Å²) < 4.78 is 0. The van der Waals surface area contributed by atoms with Gasteiger partial charge in [0, 0.05) is 30.9 Å². The number of hydrogen-bond acceptors (Lipinski definition) is 6. The van der Waals surface area contributed by atoms with Crippen molar-refractivity contribution in [1.29, 1.82) is 0 Å². The van der Waals surface area contributed by atoms with Crippen LogP contribution in [0, 0.1) is 6.92 Å². The first-order valence-corrected chi connectivity index (χ1v) is 6.51. The number of nitrogens with one attached hydrogen (secondary N) is 2. The van der Waals surface area contributed by atoms with Gasteiger partial charge in [-0.05, 0) is 6.92 Å². The van der Waals surface area contributed by atoms with E-state index in [1.165, 1.54) is 0 Å². The quantitative estimate of drug-likeness (QED) is 0.757. The molecule has 102 valence electrons. The lowest BCUT2D eigenvalue weighted by Crippen LogP contribution is -2.14. The van der Waals surface area contributed by atoms with Crippen LogP contribution < -0.4 is 16.0 Å². The number of thiazole rings is 1. The van der Waals surface area contributed by atoms with Crippen molar-refractivity contribution in [1.82, 2.24) is 15.2 Å². The smallest absolute Gasteiger partial charge is 0.254 e. The Morgan fingerprint density at radius 3 is 2.89 bits per heavy atom. The summed E-state index contributed by atoms with van der Waals surface area (Å²) in [6.07, 6.45) is 1.80.